The maximum absolute atomic E-state index is 13.8. The van der Waals surface area contributed by atoms with Gasteiger partial charge in [0.25, 0.3) is 0 Å². The van der Waals surface area contributed by atoms with Gasteiger partial charge >= 0.3 is 0 Å². The number of carbonyl (C=O) groups is 5. The van der Waals surface area contributed by atoms with Crippen LogP contribution in [-0.4, -0.2) is 154 Å². The zero-order chi connectivity index (χ0) is 38.5. The van der Waals surface area contributed by atoms with E-state index in [4.69, 9.17) is 19.4 Å². The molecule has 1 aliphatic rings. The number of aliphatic hydroxyl groups excluding tert-OH is 4. The lowest BCUT2D eigenvalue weighted by molar-refractivity contribution is -0.140. The molecule has 2 rings (SSSR count). The Morgan fingerprint density at radius 3 is 2.46 bits per heavy atom. The first-order valence-electron chi connectivity index (χ1n) is 17.6. The van der Waals surface area contributed by atoms with Crippen LogP contribution < -0.4 is 10.6 Å². The molecule has 3 amide bonds. The predicted octanol–water partition coefficient (Wildman–Crippen LogP) is -1.35. The van der Waals surface area contributed by atoms with Crippen LogP contribution >= 0.6 is 0 Å². The standard InChI is InChI=1S/C34H56N6O12/c1-22(2)14-25(38-34(49)27-6-4-9-40(27)32(47)8-11-51-13-12-50-3)29(44)16-23(15-24-17-35-21-36-24)33(48)39-26(19-41)28(43)7-5-10-52-37-18-30(45)31(46)20-42/h17-18,21-23,25-27,30-31,41-42,45-46H,4-16,19-20H2,1-3H3,(H,35,36)(H,38,49)(H,39,48)/b37-18+/t23-,25+,26+,27?,30?,31?/m1/s1. The number of carbonyl (C=O) groups excluding carboxylic acids is 5. The molecule has 18 heteroatoms. The highest BCUT2D eigenvalue weighted by Gasteiger charge is 2.37. The lowest BCUT2D eigenvalue weighted by Gasteiger charge is -2.28. The van der Waals surface area contributed by atoms with Crippen molar-refractivity contribution >= 4 is 35.5 Å². The number of hydrogen-bond acceptors (Lipinski definition) is 14. The predicted molar refractivity (Wildman–Crippen MR) is 186 cm³/mol. The lowest BCUT2D eigenvalue weighted by atomic mass is 9.90. The average Bonchev–Trinajstić information content (AvgIpc) is 3.83. The van der Waals surface area contributed by atoms with Crippen molar-refractivity contribution in [3.8, 4) is 0 Å². The van der Waals surface area contributed by atoms with Gasteiger partial charge in [-0.3, -0.25) is 24.0 Å². The molecule has 1 aliphatic heterocycles. The highest BCUT2D eigenvalue weighted by molar-refractivity contribution is 5.96. The van der Waals surface area contributed by atoms with Crippen LogP contribution in [0.4, 0.5) is 0 Å². The van der Waals surface area contributed by atoms with Crippen LogP contribution in [0.2, 0.25) is 0 Å². The number of aliphatic hydroxyl groups is 4. The number of ketones is 2. The fraction of sp³-hybridized carbons (Fsp3) is 0.735. The minimum absolute atomic E-state index is 0.00274. The number of likely N-dealkylation sites (tertiary alicyclic amines) is 1. The number of oxime groups is 1. The summed E-state index contributed by atoms with van der Waals surface area (Å²) in [6.45, 7) is 3.75. The van der Waals surface area contributed by atoms with E-state index in [9.17, 15) is 39.3 Å². The summed E-state index contributed by atoms with van der Waals surface area (Å²) < 4.78 is 10.3. The van der Waals surface area contributed by atoms with Crippen molar-refractivity contribution in [2.45, 2.75) is 95.5 Å². The van der Waals surface area contributed by atoms with Gasteiger partial charge in [-0.25, -0.2) is 4.98 Å². The summed E-state index contributed by atoms with van der Waals surface area (Å²) >= 11 is 0. The molecule has 6 atom stereocenters. The van der Waals surface area contributed by atoms with Crippen LogP contribution in [0, 0.1) is 11.8 Å². The van der Waals surface area contributed by atoms with Crippen molar-refractivity contribution < 1.29 is 58.7 Å². The first-order valence-corrected chi connectivity index (χ1v) is 17.6. The second-order valence-electron chi connectivity index (χ2n) is 13.1. The topological polar surface area (TPSA) is 262 Å². The van der Waals surface area contributed by atoms with Crippen molar-refractivity contribution in [2.24, 2.45) is 17.0 Å². The summed E-state index contributed by atoms with van der Waals surface area (Å²) in [4.78, 5) is 80.0. The van der Waals surface area contributed by atoms with Crippen molar-refractivity contribution in [3.05, 3.63) is 18.2 Å². The van der Waals surface area contributed by atoms with E-state index in [-0.39, 0.29) is 57.1 Å². The lowest BCUT2D eigenvalue weighted by Crippen LogP contribution is -2.52. The van der Waals surface area contributed by atoms with E-state index in [1.807, 2.05) is 13.8 Å². The Kier molecular flexibility index (Phi) is 20.8. The summed E-state index contributed by atoms with van der Waals surface area (Å²) in [5.41, 5.74) is 0.560. The van der Waals surface area contributed by atoms with Crippen LogP contribution in [0.5, 0.6) is 0 Å². The van der Waals surface area contributed by atoms with Crippen molar-refractivity contribution in [1.82, 2.24) is 25.5 Å². The van der Waals surface area contributed by atoms with Gasteiger partial charge in [-0.1, -0.05) is 19.0 Å². The Bertz CT molecular complexity index is 1260. The van der Waals surface area contributed by atoms with Gasteiger partial charge in [0.1, 0.15) is 30.9 Å². The van der Waals surface area contributed by atoms with Gasteiger partial charge in [0.05, 0.1) is 64.0 Å². The van der Waals surface area contributed by atoms with E-state index in [0.29, 0.717) is 44.7 Å². The van der Waals surface area contributed by atoms with E-state index in [1.54, 1.807) is 7.11 Å². The Morgan fingerprint density at radius 2 is 1.81 bits per heavy atom. The van der Waals surface area contributed by atoms with Crippen LogP contribution in [0.15, 0.2) is 17.7 Å². The van der Waals surface area contributed by atoms with E-state index in [1.165, 1.54) is 17.4 Å². The number of hydrogen-bond donors (Lipinski definition) is 7. The van der Waals surface area contributed by atoms with Crippen LogP contribution in [0.25, 0.3) is 0 Å². The van der Waals surface area contributed by atoms with Gasteiger partial charge in [-0.05, 0) is 31.6 Å². The van der Waals surface area contributed by atoms with Gasteiger partial charge in [-0.2, -0.15) is 0 Å². The number of ether oxygens (including phenoxy) is 2. The van der Waals surface area contributed by atoms with Crippen molar-refractivity contribution in [2.75, 3.05) is 53.3 Å². The molecular weight excluding hydrogens is 684 g/mol. The van der Waals surface area contributed by atoms with Gasteiger partial charge in [0.2, 0.25) is 17.7 Å². The van der Waals surface area contributed by atoms with Gasteiger partial charge < -0.3 is 55.3 Å². The fourth-order valence-corrected chi connectivity index (χ4v) is 5.57. The molecule has 3 unspecified atom stereocenters. The molecule has 1 saturated heterocycles. The van der Waals surface area contributed by atoms with Gasteiger partial charge in [0.15, 0.2) is 11.6 Å². The summed E-state index contributed by atoms with van der Waals surface area (Å²) in [5, 5.41) is 46.5. The molecule has 1 aromatic rings. The van der Waals surface area contributed by atoms with E-state index in [0.717, 1.165) is 6.21 Å². The third-order valence-corrected chi connectivity index (χ3v) is 8.44. The quantitative estimate of drug-likeness (QED) is 0.0313. The first kappa shape index (κ1) is 44.4. The molecule has 0 saturated carbocycles. The third-order valence-electron chi connectivity index (χ3n) is 8.44. The SMILES string of the molecule is COCCOCCC(=O)N1CCCC1C(=O)N[C@@H](CC(C)C)C(=O)C[C@@H](Cc1cnc[nH]1)C(=O)N[C@@H](CO)C(=O)CCCO/N=C/C(O)C(O)CO. The minimum atomic E-state index is -1.44. The molecule has 1 aromatic heterocycles. The third kappa shape index (κ3) is 15.8. The normalized spacial score (nSPS) is 17.5. The Hall–Kier alpha value is -3.81. The van der Waals surface area contributed by atoms with E-state index < -0.39 is 72.8 Å². The Balaban J connectivity index is 2.05. The summed E-state index contributed by atoms with van der Waals surface area (Å²) in [5.74, 6) is -3.19. The molecule has 0 aliphatic carbocycles. The number of Topliss-reactive ketones (excluding diaryl/α,β-unsaturated/α-hetero) is 2. The average molecular weight is 741 g/mol. The number of imidazole rings is 1. The maximum atomic E-state index is 13.8. The molecule has 7 N–H and O–H groups in total. The Morgan fingerprint density at radius 1 is 1.04 bits per heavy atom. The molecular formula is C34H56N6O12. The zero-order valence-corrected chi connectivity index (χ0v) is 30.3. The monoisotopic (exact) mass is 740 g/mol. The number of nitrogens with zero attached hydrogens (tertiary/aromatic N) is 3. The molecule has 0 bridgehead atoms. The molecule has 0 radical (unpaired) electrons. The number of rotatable bonds is 27. The summed E-state index contributed by atoms with van der Waals surface area (Å²) in [6.07, 6.45) is 2.28. The molecule has 1 fully saturated rings. The number of aromatic amines is 1. The van der Waals surface area contributed by atoms with Gasteiger partial charge in [-0.15, -0.1) is 0 Å². The van der Waals surface area contributed by atoms with Crippen molar-refractivity contribution in [1.29, 1.82) is 0 Å². The smallest absolute Gasteiger partial charge is 0.243 e. The van der Waals surface area contributed by atoms with Crippen LogP contribution in [0.1, 0.15) is 64.5 Å². The minimum Gasteiger partial charge on any atom is -0.396 e. The molecule has 294 valence electrons. The highest BCUT2D eigenvalue weighted by atomic mass is 16.6. The molecule has 0 aromatic carbocycles. The number of H-pyrrole nitrogens is 1. The zero-order valence-electron chi connectivity index (χ0n) is 30.3. The number of nitrogens with one attached hydrogen (secondary N) is 3. The first-order chi connectivity index (χ1) is 24.9. The maximum Gasteiger partial charge on any atom is 0.243 e. The molecule has 18 nitrogen and oxygen atoms in total. The molecule has 2 heterocycles. The molecule has 0 spiro atoms. The largest absolute Gasteiger partial charge is 0.396 e. The van der Waals surface area contributed by atoms with E-state index in [2.05, 4.69) is 25.8 Å². The van der Waals surface area contributed by atoms with Gasteiger partial charge in [0, 0.05) is 44.8 Å². The van der Waals surface area contributed by atoms with Crippen molar-refractivity contribution in [3.63, 3.8) is 0 Å². The number of aromatic nitrogens is 2. The Labute approximate surface area is 303 Å². The summed E-state index contributed by atoms with van der Waals surface area (Å²) in [7, 11) is 1.55. The fourth-order valence-electron chi connectivity index (χ4n) is 5.57. The number of amides is 3. The summed E-state index contributed by atoms with van der Waals surface area (Å²) in [6, 6.07) is -2.94. The number of methoxy groups -OCH3 is 1. The second kappa shape index (κ2) is 24.4. The second-order valence-corrected chi connectivity index (χ2v) is 13.1. The van der Waals surface area contributed by atoms with Crippen LogP contribution in [0.3, 0.4) is 0 Å². The molecule has 52 heavy (non-hydrogen) atoms. The van der Waals surface area contributed by atoms with Crippen LogP contribution in [-0.2, 0) is 44.7 Å². The highest BCUT2D eigenvalue weighted by Crippen LogP contribution is 2.21. The van der Waals surface area contributed by atoms with E-state index >= 15 is 0 Å².